The van der Waals surface area contributed by atoms with Gasteiger partial charge in [-0.1, -0.05) is 12.1 Å². The number of halogens is 3. The zero-order valence-corrected chi connectivity index (χ0v) is 15.1. The highest BCUT2D eigenvalue weighted by Gasteiger charge is 2.43. The number of benzene rings is 1. The van der Waals surface area contributed by atoms with Crippen LogP contribution >= 0.6 is 11.3 Å². The first-order valence-electron chi connectivity index (χ1n) is 8.65. The lowest BCUT2D eigenvalue weighted by Crippen LogP contribution is -2.41. The van der Waals surface area contributed by atoms with Crippen LogP contribution < -0.4 is 4.90 Å². The maximum Gasteiger partial charge on any atom is 0.418 e. The van der Waals surface area contributed by atoms with Crippen LogP contribution in [-0.4, -0.2) is 11.7 Å². The van der Waals surface area contributed by atoms with E-state index < -0.39 is 17.6 Å². The maximum atomic E-state index is 13.5. The fraction of sp³-hybridized carbons (Fsp3) is 0.300. The summed E-state index contributed by atoms with van der Waals surface area (Å²) in [5, 5.41) is 3.77. The average Bonchev–Trinajstić information content (AvgIpc) is 3.15. The van der Waals surface area contributed by atoms with Gasteiger partial charge in [-0.05, 0) is 47.4 Å². The lowest BCUT2D eigenvalue weighted by Gasteiger charge is -2.38. The van der Waals surface area contributed by atoms with Gasteiger partial charge in [0.05, 0.1) is 11.3 Å². The first-order chi connectivity index (χ1) is 12.9. The number of amides is 1. The van der Waals surface area contributed by atoms with Crippen molar-refractivity contribution in [3.63, 3.8) is 0 Å². The van der Waals surface area contributed by atoms with Crippen LogP contribution in [0.25, 0.3) is 0 Å². The number of Topliss-reactive ketones (excluding diaryl/α,β-unsaturated/α-hetero) is 1. The minimum Gasteiger partial charge on any atom is -0.294 e. The van der Waals surface area contributed by atoms with Crippen LogP contribution in [-0.2, 0) is 15.8 Å². The third-order valence-electron chi connectivity index (χ3n) is 5.07. The first-order valence-corrected chi connectivity index (χ1v) is 9.59. The molecule has 0 fully saturated rings. The number of anilines is 1. The molecular weight excluding hydrogens is 375 g/mol. The summed E-state index contributed by atoms with van der Waals surface area (Å²) < 4.78 is 40.5. The lowest BCUT2D eigenvalue weighted by atomic mass is 9.77. The Morgan fingerprint density at radius 3 is 2.56 bits per heavy atom. The van der Waals surface area contributed by atoms with Gasteiger partial charge in [0.1, 0.15) is 0 Å². The number of carbonyl (C=O) groups excluding carboxylic acids is 2. The summed E-state index contributed by atoms with van der Waals surface area (Å²) in [7, 11) is 0. The van der Waals surface area contributed by atoms with E-state index in [4.69, 9.17) is 0 Å². The van der Waals surface area contributed by atoms with E-state index in [1.54, 1.807) is 0 Å². The smallest absolute Gasteiger partial charge is 0.294 e. The Morgan fingerprint density at radius 2 is 1.85 bits per heavy atom. The van der Waals surface area contributed by atoms with Crippen molar-refractivity contribution in [3.8, 4) is 0 Å². The van der Waals surface area contributed by atoms with Crippen LogP contribution in [0, 0.1) is 0 Å². The highest BCUT2D eigenvalue weighted by Crippen LogP contribution is 2.46. The molecule has 0 bridgehead atoms. The van der Waals surface area contributed by atoms with Gasteiger partial charge in [-0.15, -0.1) is 0 Å². The molecule has 1 aliphatic heterocycles. The predicted molar refractivity (Wildman–Crippen MR) is 96.5 cm³/mol. The van der Waals surface area contributed by atoms with E-state index in [2.05, 4.69) is 0 Å². The molecule has 1 aliphatic carbocycles. The third-order valence-corrected chi connectivity index (χ3v) is 5.77. The molecule has 4 rings (SSSR count). The molecule has 140 valence electrons. The second-order valence-electron chi connectivity index (χ2n) is 6.69. The Hall–Kier alpha value is -2.41. The highest BCUT2D eigenvalue weighted by molar-refractivity contribution is 7.08. The number of rotatable bonds is 2. The molecule has 0 unspecified atom stereocenters. The number of hydrogen-bond donors (Lipinski definition) is 0. The van der Waals surface area contributed by atoms with Crippen molar-refractivity contribution in [1.29, 1.82) is 0 Å². The van der Waals surface area contributed by atoms with Gasteiger partial charge in [0.25, 0.3) is 0 Å². The zero-order chi connectivity index (χ0) is 19.2. The molecule has 1 aromatic carbocycles. The molecule has 0 spiro atoms. The molecule has 0 saturated heterocycles. The summed E-state index contributed by atoms with van der Waals surface area (Å²) in [6.45, 7) is 0. The Balaban J connectivity index is 1.91. The normalized spacial score (nSPS) is 20.9. The summed E-state index contributed by atoms with van der Waals surface area (Å²) in [5.41, 5.74) is 0.740. The van der Waals surface area contributed by atoms with Gasteiger partial charge in [0.2, 0.25) is 5.91 Å². The van der Waals surface area contributed by atoms with Gasteiger partial charge in [-0.3, -0.25) is 14.5 Å². The van der Waals surface area contributed by atoms with Crippen molar-refractivity contribution in [1.82, 2.24) is 0 Å². The Kier molecular flexibility index (Phi) is 4.42. The van der Waals surface area contributed by atoms with E-state index in [0.717, 1.165) is 16.5 Å². The highest BCUT2D eigenvalue weighted by atomic mass is 32.1. The summed E-state index contributed by atoms with van der Waals surface area (Å²) >= 11 is 1.47. The van der Waals surface area contributed by atoms with Crippen molar-refractivity contribution in [2.24, 2.45) is 0 Å². The van der Waals surface area contributed by atoms with E-state index in [0.29, 0.717) is 30.5 Å². The summed E-state index contributed by atoms with van der Waals surface area (Å²) in [6.07, 6.45) is -3.28. The third kappa shape index (κ3) is 3.10. The summed E-state index contributed by atoms with van der Waals surface area (Å²) in [5.74, 6) is -0.855. The number of alkyl halides is 3. The fourth-order valence-electron chi connectivity index (χ4n) is 3.94. The molecule has 2 aromatic rings. The monoisotopic (exact) mass is 391 g/mol. The van der Waals surface area contributed by atoms with Crippen molar-refractivity contribution >= 4 is 28.7 Å². The van der Waals surface area contributed by atoms with Crippen molar-refractivity contribution < 1.29 is 22.8 Å². The first kappa shape index (κ1) is 18.0. The molecule has 2 aliphatic rings. The van der Waals surface area contributed by atoms with Gasteiger partial charge in [-0.2, -0.15) is 24.5 Å². The van der Waals surface area contributed by atoms with Gasteiger partial charge < -0.3 is 0 Å². The molecule has 2 heterocycles. The topological polar surface area (TPSA) is 37.4 Å². The van der Waals surface area contributed by atoms with Crippen LogP contribution in [0.1, 0.15) is 42.7 Å². The lowest BCUT2D eigenvalue weighted by molar-refractivity contribution is -0.137. The molecule has 0 N–H and O–H groups in total. The largest absolute Gasteiger partial charge is 0.418 e. The summed E-state index contributed by atoms with van der Waals surface area (Å²) in [4.78, 5) is 26.8. The van der Waals surface area contributed by atoms with E-state index >= 15 is 0 Å². The Morgan fingerprint density at radius 1 is 1.07 bits per heavy atom. The molecule has 3 nitrogen and oxygen atoms in total. The molecule has 1 atom stereocenters. The SMILES string of the molecule is O=C1CCCC2=C1[C@@H](c1ccsc1)CC(=O)N2c1ccccc1C(F)(F)F. The van der Waals surface area contributed by atoms with Crippen molar-refractivity contribution in [3.05, 3.63) is 63.5 Å². The summed E-state index contributed by atoms with van der Waals surface area (Å²) in [6, 6.07) is 6.92. The van der Waals surface area contributed by atoms with Crippen LogP contribution in [0.2, 0.25) is 0 Å². The predicted octanol–water partition coefficient (Wildman–Crippen LogP) is 5.29. The van der Waals surface area contributed by atoms with Crippen LogP contribution in [0.3, 0.4) is 0 Å². The fourth-order valence-corrected chi connectivity index (χ4v) is 4.65. The number of para-hydroxylation sites is 1. The number of ketones is 1. The molecule has 7 heteroatoms. The molecular formula is C20H16F3NO2S. The Bertz CT molecular complexity index is 931. The standard InChI is InChI=1S/C20H16F3NO2S/c21-20(22,23)14-4-1-2-5-15(14)24-16-6-3-7-17(25)19(16)13(10-18(24)26)12-8-9-27-11-12/h1-2,4-5,8-9,11,13H,3,6-7,10H2/t13-/m1/s1. The quantitative estimate of drug-likeness (QED) is 0.697. The molecule has 0 saturated carbocycles. The number of allylic oxidation sites excluding steroid dienone is 2. The van der Waals surface area contributed by atoms with Gasteiger partial charge in [-0.25, -0.2) is 0 Å². The number of thiophene rings is 1. The number of carbonyl (C=O) groups is 2. The molecule has 1 amide bonds. The van der Waals surface area contributed by atoms with Crippen molar-refractivity contribution in [2.75, 3.05) is 4.90 Å². The van der Waals surface area contributed by atoms with Gasteiger partial charge >= 0.3 is 6.18 Å². The molecule has 0 radical (unpaired) electrons. The maximum absolute atomic E-state index is 13.5. The van der Waals surface area contributed by atoms with E-state index in [9.17, 15) is 22.8 Å². The van der Waals surface area contributed by atoms with Crippen molar-refractivity contribution in [2.45, 2.75) is 37.8 Å². The van der Waals surface area contributed by atoms with E-state index in [1.807, 2.05) is 16.8 Å². The zero-order valence-electron chi connectivity index (χ0n) is 14.3. The second-order valence-corrected chi connectivity index (χ2v) is 7.47. The molecule has 1 aromatic heterocycles. The average molecular weight is 391 g/mol. The van der Waals surface area contributed by atoms with Crippen LogP contribution in [0.5, 0.6) is 0 Å². The van der Waals surface area contributed by atoms with E-state index in [-0.39, 0.29) is 23.8 Å². The van der Waals surface area contributed by atoms with Gasteiger partial charge in [0.15, 0.2) is 5.78 Å². The van der Waals surface area contributed by atoms with Crippen LogP contribution in [0.15, 0.2) is 52.4 Å². The van der Waals surface area contributed by atoms with E-state index in [1.165, 1.54) is 29.5 Å². The van der Waals surface area contributed by atoms with Gasteiger partial charge in [0, 0.05) is 30.0 Å². The van der Waals surface area contributed by atoms with Crippen LogP contribution in [0.4, 0.5) is 18.9 Å². The minimum absolute atomic E-state index is 0.00645. The Labute approximate surface area is 158 Å². The number of hydrogen-bond acceptors (Lipinski definition) is 3. The second kappa shape index (κ2) is 6.64. The minimum atomic E-state index is -4.58. The number of nitrogens with zero attached hydrogens (tertiary/aromatic N) is 1. The molecule has 27 heavy (non-hydrogen) atoms.